The molecule has 0 bridgehead atoms. The van der Waals surface area contributed by atoms with Crippen LogP contribution in [0, 0.1) is 6.92 Å². The molecule has 0 heterocycles. The zero-order chi connectivity index (χ0) is 15.3. The molecule has 5 heteroatoms. The molecule has 21 heavy (non-hydrogen) atoms. The molecule has 2 aromatic carbocycles. The number of nitrogens with one attached hydrogen (secondary N) is 1. The van der Waals surface area contributed by atoms with Crippen LogP contribution in [0.5, 0.6) is 0 Å². The molecule has 0 aliphatic rings. The second-order valence-corrected chi connectivity index (χ2v) is 6.51. The summed E-state index contributed by atoms with van der Waals surface area (Å²) in [6.07, 6.45) is 2.02. The van der Waals surface area contributed by atoms with Crippen molar-refractivity contribution in [3.63, 3.8) is 0 Å². The maximum atomic E-state index is 12.2. The largest absolute Gasteiger partial charge is 0.289 e. The number of sulfonamides is 1. The minimum absolute atomic E-state index is 0.140. The monoisotopic (exact) mass is 302 g/mol. The van der Waals surface area contributed by atoms with Crippen molar-refractivity contribution < 1.29 is 13.2 Å². The normalized spacial score (nSPS) is 12.8. The SMILES string of the molecule is Cc1ccc(S(=O)(=O)N[C@H]([C]=O)Cc2ccccc2)cc1. The van der Waals surface area contributed by atoms with Gasteiger partial charge in [-0.2, -0.15) is 4.72 Å². The molecule has 0 aliphatic carbocycles. The molecule has 0 aromatic heterocycles. The van der Waals surface area contributed by atoms with E-state index in [1.165, 1.54) is 12.1 Å². The predicted molar refractivity (Wildman–Crippen MR) is 81.1 cm³/mol. The molecule has 0 amide bonds. The highest BCUT2D eigenvalue weighted by atomic mass is 32.2. The van der Waals surface area contributed by atoms with Crippen molar-refractivity contribution in [1.29, 1.82) is 0 Å². The second-order valence-electron chi connectivity index (χ2n) is 4.79. The fraction of sp³-hybridized carbons (Fsp3) is 0.188. The number of rotatable bonds is 6. The fourth-order valence-corrected chi connectivity index (χ4v) is 3.07. The maximum absolute atomic E-state index is 12.2. The molecule has 1 radical (unpaired) electrons. The molecule has 1 N–H and O–H groups in total. The summed E-state index contributed by atoms with van der Waals surface area (Å²) in [7, 11) is -3.72. The van der Waals surface area contributed by atoms with Crippen LogP contribution in [0.2, 0.25) is 0 Å². The van der Waals surface area contributed by atoms with Gasteiger partial charge in [0.25, 0.3) is 0 Å². The molecule has 2 rings (SSSR count). The van der Waals surface area contributed by atoms with Crippen LogP contribution in [-0.4, -0.2) is 20.7 Å². The van der Waals surface area contributed by atoms with Crippen LogP contribution in [0.3, 0.4) is 0 Å². The summed E-state index contributed by atoms with van der Waals surface area (Å²) < 4.78 is 26.8. The number of hydrogen-bond acceptors (Lipinski definition) is 3. The van der Waals surface area contributed by atoms with E-state index in [0.29, 0.717) is 0 Å². The van der Waals surface area contributed by atoms with Gasteiger partial charge in [0.2, 0.25) is 16.3 Å². The molecule has 0 unspecified atom stereocenters. The van der Waals surface area contributed by atoms with Crippen LogP contribution < -0.4 is 4.72 Å². The highest BCUT2D eigenvalue weighted by Gasteiger charge is 2.20. The predicted octanol–water partition coefficient (Wildman–Crippen LogP) is 1.99. The third-order valence-electron chi connectivity index (χ3n) is 3.05. The molecule has 2 aromatic rings. The minimum atomic E-state index is -3.72. The average Bonchev–Trinajstić information content (AvgIpc) is 2.48. The van der Waals surface area contributed by atoms with E-state index < -0.39 is 16.1 Å². The van der Waals surface area contributed by atoms with Gasteiger partial charge in [0, 0.05) is 0 Å². The Labute approximate surface area is 124 Å². The molecule has 0 saturated carbocycles. The Bertz CT molecular complexity index is 694. The van der Waals surface area contributed by atoms with E-state index in [0.717, 1.165) is 11.1 Å². The molecular formula is C16H16NO3S. The van der Waals surface area contributed by atoms with Crippen LogP contribution in [0.1, 0.15) is 11.1 Å². The van der Waals surface area contributed by atoms with E-state index in [9.17, 15) is 13.2 Å². The highest BCUT2D eigenvalue weighted by molar-refractivity contribution is 7.89. The Balaban J connectivity index is 2.14. The molecule has 0 fully saturated rings. The molecule has 0 saturated heterocycles. The third-order valence-corrected chi connectivity index (χ3v) is 4.54. The quantitative estimate of drug-likeness (QED) is 0.887. The zero-order valence-electron chi connectivity index (χ0n) is 11.6. The van der Waals surface area contributed by atoms with Crippen LogP contribution in [0.25, 0.3) is 0 Å². The van der Waals surface area contributed by atoms with Crippen molar-refractivity contribution in [2.45, 2.75) is 24.3 Å². The zero-order valence-corrected chi connectivity index (χ0v) is 12.4. The van der Waals surface area contributed by atoms with E-state index in [1.807, 2.05) is 37.3 Å². The first kappa shape index (κ1) is 15.4. The summed E-state index contributed by atoms with van der Waals surface area (Å²) >= 11 is 0. The van der Waals surface area contributed by atoms with Crippen molar-refractivity contribution >= 4 is 16.3 Å². The topological polar surface area (TPSA) is 63.2 Å². The van der Waals surface area contributed by atoms with Gasteiger partial charge in [-0.3, -0.25) is 4.79 Å². The van der Waals surface area contributed by atoms with Crippen LogP contribution >= 0.6 is 0 Å². The summed E-state index contributed by atoms with van der Waals surface area (Å²) in [5.74, 6) is 0. The van der Waals surface area contributed by atoms with E-state index in [-0.39, 0.29) is 11.3 Å². The average molecular weight is 302 g/mol. The molecule has 0 aliphatic heterocycles. The highest BCUT2D eigenvalue weighted by Crippen LogP contribution is 2.11. The number of aryl methyl sites for hydroxylation is 1. The number of benzene rings is 2. The van der Waals surface area contributed by atoms with Gasteiger partial charge in [-0.25, -0.2) is 8.42 Å². The molecule has 1 atom stereocenters. The van der Waals surface area contributed by atoms with Crippen LogP contribution in [0.15, 0.2) is 59.5 Å². The molecular weight excluding hydrogens is 286 g/mol. The van der Waals surface area contributed by atoms with E-state index in [2.05, 4.69) is 4.72 Å². The summed E-state index contributed by atoms with van der Waals surface area (Å²) in [4.78, 5) is 11.2. The lowest BCUT2D eigenvalue weighted by atomic mass is 10.1. The summed E-state index contributed by atoms with van der Waals surface area (Å²) in [6, 6.07) is 14.8. The van der Waals surface area contributed by atoms with Gasteiger partial charge in [0.15, 0.2) is 0 Å². The number of carbonyl (C=O) groups excluding carboxylic acids is 1. The maximum Gasteiger partial charge on any atom is 0.241 e. The summed E-state index contributed by atoms with van der Waals surface area (Å²) in [5, 5.41) is 0. The van der Waals surface area contributed by atoms with Gasteiger partial charge in [0.05, 0.1) is 10.9 Å². The van der Waals surface area contributed by atoms with Gasteiger partial charge in [-0.1, -0.05) is 48.0 Å². The Hall–Kier alpha value is -1.98. The van der Waals surface area contributed by atoms with E-state index in [4.69, 9.17) is 0 Å². The third kappa shape index (κ3) is 4.24. The van der Waals surface area contributed by atoms with Gasteiger partial charge in [0.1, 0.15) is 0 Å². The van der Waals surface area contributed by atoms with Gasteiger partial charge in [-0.05, 0) is 31.0 Å². The first-order chi connectivity index (χ1) is 10.0. The van der Waals surface area contributed by atoms with Crippen LogP contribution in [-0.2, 0) is 21.2 Å². The lowest BCUT2D eigenvalue weighted by Gasteiger charge is -2.13. The second kappa shape index (κ2) is 6.65. The smallest absolute Gasteiger partial charge is 0.241 e. The van der Waals surface area contributed by atoms with E-state index >= 15 is 0 Å². The van der Waals surface area contributed by atoms with Crippen molar-refractivity contribution in [2.24, 2.45) is 0 Å². The minimum Gasteiger partial charge on any atom is -0.289 e. The molecule has 0 spiro atoms. The first-order valence-corrected chi connectivity index (χ1v) is 8.00. The standard InChI is InChI=1S/C16H16NO3S/c1-13-7-9-16(10-8-13)21(19,20)17-15(12-18)11-14-5-3-2-4-6-14/h2-10,15,17H,11H2,1H3/t15-/m0/s1. The van der Waals surface area contributed by atoms with Crippen molar-refractivity contribution in [2.75, 3.05) is 0 Å². The first-order valence-electron chi connectivity index (χ1n) is 6.52. The molecule has 109 valence electrons. The Morgan fingerprint density at radius 1 is 1.05 bits per heavy atom. The van der Waals surface area contributed by atoms with E-state index in [1.54, 1.807) is 18.4 Å². The van der Waals surface area contributed by atoms with Crippen LogP contribution in [0.4, 0.5) is 0 Å². The summed E-state index contributed by atoms with van der Waals surface area (Å²) in [6.45, 7) is 1.88. The Morgan fingerprint density at radius 2 is 1.67 bits per heavy atom. The lowest BCUT2D eigenvalue weighted by Crippen LogP contribution is -2.37. The number of hydrogen-bond donors (Lipinski definition) is 1. The van der Waals surface area contributed by atoms with Crippen molar-refractivity contribution in [3.8, 4) is 0 Å². The molecule has 4 nitrogen and oxygen atoms in total. The van der Waals surface area contributed by atoms with Crippen molar-refractivity contribution in [3.05, 3.63) is 65.7 Å². The Kier molecular flexibility index (Phi) is 4.88. The Morgan fingerprint density at radius 3 is 2.24 bits per heavy atom. The lowest BCUT2D eigenvalue weighted by molar-refractivity contribution is 0.526. The van der Waals surface area contributed by atoms with Crippen molar-refractivity contribution in [1.82, 2.24) is 4.72 Å². The van der Waals surface area contributed by atoms with Gasteiger partial charge >= 0.3 is 0 Å². The van der Waals surface area contributed by atoms with Gasteiger partial charge in [-0.15, -0.1) is 0 Å². The van der Waals surface area contributed by atoms with Gasteiger partial charge < -0.3 is 0 Å². The summed E-state index contributed by atoms with van der Waals surface area (Å²) in [5.41, 5.74) is 1.84. The fourth-order valence-electron chi connectivity index (χ4n) is 1.93.